The summed E-state index contributed by atoms with van der Waals surface area (Å²) in [4.78, 5) is 12.2. The minimum atomic E-state index is -0.451. The normalized spacial score (nSPS) is 12.1. The average Bonchev–Trinajstić information content (AvgIpc) is 3.45. The molecule has 0 saturated heterocycles. The molecule has 0 radical (unpaired) electrons. The number of amides is 1. The third kappa shape index (κ3) is 14.7. The second-order valence-electron chi connectivity index (χ2n) is 11.0. The summed E-state index contributed by atoms with van der Waals surface area (Å²) in [7, 11) is 0. The maximum atomic E-state index is 12.2. The van der Waals surface area contributed by atoms with Crippen LogP contribution in [0, 0.1) is 0 Å². The van der Waals surface area contributed by atoms with Crippen molar-refractivity contribution in [1.82, 2.24) is 5.32 Å². The Morgan fingerprint density at radius 3 is 1.41 bits per heavy atom. The van der Waals surface area contributed by atoms with E-state index in [2.05, 4.69) is 29.6 Å². The quantitative estimate of drug-likeness (QED) is 0.0880. The van der Waals surface area contributed by atoms with Crippen LogP contribution in [0.5, 0.6) is 5.75 Å². The molecule has 12 nitrogen and oxygen atoms in total. The number of benzene rings is 3. The van der Waals surface area contributed by atoms with E-state index < -0.39 is 6.09 Å². The standard InChI is InChI=1S/C37H50N2O10/c38-30-9-11-31(12-10-30)48-28-27-47-26-25-46-24-23-45-22-21-44-20-19-43-18-17-42-16-15-41-14-13-39-37(40)49-29-36-34-7-3-1-5-32(34)33-6-2-4-8-35(33)36/h1-12,36H,13-29,38H2,(H,39,40). The zero-order valence-corrected chi connectivity index (χ0v) is 28.2. The van der Waals surface area contributed by atoms with Crippen molar-refractivity contribution < 1.29 is 47.4 Å². The van der Waals surface area contributed by atoms with E-state index in [4.69, 9.17) is 48.4 Å². The van der Waals surface area contributed by atoms with Crippen LogP contribution in [0.3, 0.4) is 0 Å². The van der Waals surface area contributed by atoms with Crippen LogP contribution in [0.25, 0.3) is 11.1 Å². The molecule has 3 N–H and O–H groups in total. The second kappa shape index (κ2) is 23.6. The highest BCUT2D eigenvalue weighted by Crippen LogP contribution is 2.44. The van der Waals surface area contributed by atoms with Crippen molar-refractivity contribution in [2.24, 2.45) is 0 Å². The maximum Gasteiger partial charge on any atom is 0.407 e. The van der Waals surface area contributed by atoms with Crippen LogP contribution >= 0.6 is 0 Å². The van der Waals surface area contributed by atoms with Crippen molar-refractivity contribution in [1.29, 1.82) is 0 Å². The number of hydrogen-bond donors (Lipinski definition) is 2. The Morgan fingerprint density at radius 1 is 0.531 bits per heavy atom. The van der Waals surface area contributed by atoms with E-state index in [9.17, 15) is 4.79 Å². The summed E-state index contributed by atoms with van der Waals surface area (Å²) < 4.78 is 49.6. The van der Waals surface area contributed by atoms with Crippen LogP contribution in [-0.4, -0.2) is 118 Å². The van der Waals surface area contributed by atoms with Crippen molar-refractivity contribution in [3.63, 3.8) is 0 Å². The molecule has 0 saturated carbocycles. The summed E-state index contributed by atoms with van der Waals surface area (Å²) in [6.45, 7) is 7.72. The summed E-state index contributed by atoms with van der Waals surface area (Å²) in [6.07, 6.45) is -0.451. The highest BCUT2D eigenvalue weighted by atomic mass is 16.6. The van der Waals surface area contributed by atoms with Gasteiger partial charge < -0.3 is 53.7 Å². The van der Waals surface area contributed by atoms with Crippen molar-refractivity contribution in [3.05, 3.63) is 83.9 Å². The van der Waals surface area contributed by atoms with Crippen molar-refractivity contribution in [2.45, 2.75) is 5.92 Å². The molecule has 0 heterocycles. The van der Waals surface area contributed by atoms with Crippen LogP contribution in [0.2, 0.25) is 0 Å². The minimum absolute atomic E-state index is 0.0386. The van der Waals surface area contributed by atoms with E-state index in [-0.39, 0.29) is 12.5 Å². The molecule has 3 aromatic carbocycles. The molecule has 0 spiro atoms. The zero-order valence-electron chi connectivity index (χ0n) is 28.2. The van der Waals surface area contributed by atoms with Crippen molar-refractivity contribution in [2.75, 3.05) is 118 Å². The van der Waals surface area contributed by atoms with E-state index in [1.165, 1.54) is 22.3 Å². The van der Waals surface area contributed by atoms with Gasteiger partial charge in [-0.05, 0) is 46.5 Å². The first-order valence-corrected chi connectivity index (χ1v) is 16.8. The molecule has 0 fully saturated rings. The van der Waals surface area contributed by atoms with Crippen LogP contribution in [-0.2, 0) is 37.9 Å². The average molecular weight is 683 g/mol. The van der Waals surface area contributed by atoms with Gasteiger partial charge in [0, 0.05) is 18.2 Å². The first-order chi connectivity index (χ1) is 24.2. The number of carbonyl (C=O) groups is 1. The zero-order chi connectivity index (χ0) is 34.2. The molecule has 0 aromatic heterocycles. The van der Waals surface area contributed by atoms with Gasteiger partial charge in [0.15, 0.2) is 0 Å². The highest BCUT2D eigenvalue weighted by molar-refractivity contribution is 5.79. The molecule has 1 amide bonds. The molecule has 1 aliphatic rings. The number of ether oxygens (including phenoxy) is 9. The van der Waals surface area contributed by atoms with Gasteiger partial charge in [0.1, 0.15) is 19.0 Å². The van der Waals surface area contributed by atoms with Crippen LogP contribution in [0.1, 0.15) is 17.0 Å². The molecule has 3 aromatic rings. The summed E-state index contributed by atoms with van der Waals surface area (Å²) >= 11 is 0. The van der Waals surface area contributed by atoms with Crippen LogP contribution in [0.4, 0.5) is 10.5 Å². The van der Waals surface area contributed by atoms with Gasteiger partial charge in [0.25, 0.3) is 0 Å². The fourth-order valence-corrected chi connectivity index (χ4v) is 5.08. The smallest absolute Gasteiger partial charge is 0.407 e. The number of nitrogens with one attached hydrogen (secondary N) is 1. The molecular weight excluding hydrogens is 632 g/mol. The largest absolute Gasteiger partial charge is 0.491 e. The van der Waals surface area contributed by atoms with E-state index in [0.29, 0.717) is 111 Å². The SMILES string of the molecule is Nc1ccc(OCCOCCOCCOCCOCCOCCOCCOCCNC(=O)OCC2c3ccccc3-c3ccccc32)cc1. The van der Waals surface area contributed by atoms with Crippen molar-refractivity contribution >= 4 is 11.8 Å². The number of hydrogen-bond acceptors (Lipinski definition) is 11. The molecule has 12 heteroatoms. The molecule has 0 bridgehead atoms. The number of anilines is 1. The van der Waals surface area contributed by atoms with E-state index in [1.54, 1.807) is 12.1 Å². The summed E-state index contributed by atoms with van der Waals surface area (Å²) in [5, 5.41) is 2.74. The number of fused-ring (bicyclic) bond motifs is 3. The number of carbonyl (C=O) groups excluding carboxylic acids is 1. The van der Waals surface area contributed by atoms with Gasteiger partial charge in [0.2, 0.25) is 0 Å². The molecular formula is C37H50N2O10. The summed E-state index contributed by atoms with van der Waals surface area (Å²) in [5.74, 6) is 0.806. The van der Waals surface area contributed by atoms with Gasteiger partial charge in [0.05, 0.1) is 92.5 Å². The minimum Gasteiger partial charge on any atom is -0.491 e. The highest BCUT2D eigenvalue weighted by Gasteiger charge is 2.28. The first kappa shape index (κ1) is 38.1. The Balaban J connectivity index is 0.830. The van der Waals surface area contributed by atoms with Crippen LogP contribution in [0.15, 0.2) is 72.8 Å². The molecule has 4 rings (SSSR count). The summed E-state index contributed by atoms with van der Waals surface area (Å²) in [5.41, 5.74) is 11.1. The molecule has 0 aliphatic heterocycles. The topological polar surface area (TPSA) is 138 Å². The molecule has 1 aliphatic carbocycles. The molecule has 268 valence electrons. The second-order valence-corrected chi connectivity index (χ2v) is 11.0. The number of nitrogens with two attached hydrogens (primary N) is 1. The number of alkyl carbamates (subject to hydrolysis) is 1. The lowest BCUT2D eigenvalue weighted by atomic mass is 9.98. The van der Waals surface area contributed by atoms with E-state index in [0.717, 1.165) is 5.75 Å². The van der Waals surface area contributed by atoms with E-state index in [1.807, 2.05) is 36.4 Å². The van der Waals surface area contributed by atoms with Gasteiger partial charge >= 0.3 is 6.09 Å². The Labute approximate surface area is 289 Å². The first-order valence-electron chi connectivity index (χ1n) is 16.8. The Hall–Kier alpha value is -3.75. The molecule has 0 unspecified atom stereocenters. The predicted octanol–water partition coefficient (Wildman–Crippen LogP) is 4.30. The van der Waals surface area contributed by atoms with Gasteiger partial charge in [-0.15, -0.1) is 0 Å². The van der Waals surface area contributed by atoms with Gasteiger partial charge in [-0.25, -0.2) is 4.79 Å². The third-order valence-electron chi connectivity index (χ3n) is 7.47. The van der Waals surface area contributed by atoms with Gasteiger partial charge in [-0.3, -0.25) is 0 Å². The monoisotopic (exact) mass is 682 g/mol. The van der Waals surface area contributed by atoms with Gasteiger partial charge in [-0.1, -0.05) is 48.5 Å². The molecule has 49 heavy (non-hydrogen) atoms. The number of nitrogen functional groups attached to an aromatic ring is 1. The fraction of sp³-hybridized carbons (Fsp3) is 0.486. The van der Waals surface area contributed by atoms with Gasteiger partial charge in [-0.2, -0.15) is 0 Å². The lowest BCUT2D eigenvalue weighted by molar-refractivity contribution is -0.0211. The predicted molar refractivity (Wildman–Crippen MR) is 185 cm³/mol. The third-order valence-corrected chi connectivity index (χ3v) is 7.47. The Kier molecular flexibility index (Phi) is 18.3. The van der Waals surface area contributed by atoms with Crippen molar-refractivity contribution in [3.8, 4) is 16.9 Å². The summed E-state index contributed by atoms with van der Waals surface area (Å²) in [6, 6.07) is 23.8. The van der Waals surface area contributed by atoms with Crippen LogP contribution < -0.4 is 15.8 Å². The maximum absolute atomic E-state index is 12.2. The lowest BCUT2D eigenvalue weighted by Crippen LogP contribution is -2.29. The lowest BCUT2D eigenvalue weighted by Gasteiger charge is -2.14. The van der Waals surface area contributed by atoms with E-state index >= 15 is 0 Å². The Morgan fingerprint density at radius 2 is 0.939 bits per heavy atom. The number of rotatable bonds is 27. The molecule has 0 atom stereocenters. The fourth-order valence-electron chi connectivity index (χ4n) is 5.08. The Bertz CT molecular complexity index is 1280.